The molecule has 11 atom stereocenters. The molecule has 0 fully saturated rings. The van der Waals surface area contributed by atoms with Crippen LogP contribution in [0.2, 0.25) is 0 Å². The average molecular weight is 1100 g/mol. The van der Waals surface area contributed by atoms with Crippen molar-refractivity contribution in [3.05, 3.63) is 54.1 Å². The van der Waals surface area contributed by atoms with Crippen LogP contribution in [0.3, 0.4) is 0 Å². The number of hydrogen-bond donors (Lipinski definition) is 14. The topological polar surface area (TPSA) is 420 Å². The highest BCUT2D eigenvalue weighted by atomic mass is 16.4. The molecule has 0 saturated carbocycles. The summed E-state index contributed by atoms with van der Waals surface area (Å²) in [4.78, 5) is 153. The number of nitrogens with zero attached hydrogens (tertiary/aromatic N) is 1. The summed E-state index contributed by atoms with van der Waals surface area (Å²) in [5.41, 5.74) is 6.72. The fourth-order valence-corrected chi connectivity index (χ4v) is 8.04. The summed E-state index contributed by atoms with van der Waals surface area (Å²) < 4.78 is 0. The standard InChI is InChI=1S/C52H81N11O15/c1-10-29(8)42(52(77)78)62-49(74)36(19-27(4)5)59-48(73)39(22-32-24-54-25-55-32)60-45(70)34(16-17-40(65)66)56-46(71)35(18-26(2)3)61-51(76)43(30(9)64)63-50(75)37(20-28(6)7)58-47(72)38(21-31-14-12-11-13-15-31)57-44(69)33(53)23-41(67)68/h11-15,24-30,33-39,42-43,64H,10,16-23,53H2,1-9H3,(H,54,55)(H,56,71)(H,57,69)(H,58,72)(H,59,73)(H,60,70)(H,61,76)(H,62,74)(H,63,75)(H,65,66)(H,67,68)(H,77,78)/t29-,30+,33-,34-,35-,36-,37-,38-,39-,42-,43-/m0/s1. The van der Waals surface area contributed by atoms with Gasteiger partial charge in [0, 0.05) is 31.2 Å². The smallest absolute Gasteiger partial charge is 0.326 e. The minimum Gasteiger partial charge on any atom is -0.481 e. The number of H-pyrrole nitrogens is 1. The zero-order valence-electron chi connectivity index (χ0n) is 45.8. The van der Waals surface area contributed by atoms with Gasteiger partial charge in [0.25, 0.3) is 0 Å². The summed E-state index contributed by atoms with van der Waals surface area (Å²) in [5.74, 6) is -12.7. The molecule has 1 heterocycles. The number of aromatic nitrogens is 2. The molecule has 26 heteroatoms. The van der Waals surface area contributed by atoms with Crippen LogP contribution in [0.1, 0.15) is 119 Å². The third-order valence-corrected chi connectivity index (χ3v) is 12.4. The Balaban J connectivity index is 2.45. The first-order valence-corrected chi connectivity index (χ1v) is 26.1. The lowest BCUT2D eigenvalue weighted by Gasteiger charge is -2.29. The Kier molecular flexibility index (Phi) is 28.2. The van der Waals surface area contributed by atoms with Crippen LogP contribution in [0, 0.1) is 23.7 Å². The van der Waals surface area contributed by atoms with Crippen LogP contribution in [-0.2, 0) is 65.6 Å². The van der Waals surface area contributed by atoms with Gasteiger partial charge in [-0.3, -0.25) is 47.9 Å². The van der Waals surface area contributed by atoms with Gasteiger partial charge < -0.3 is 73.7 Å². The van der Waals surface area contributed by atoms with Crippen molar-refractivity contribution in [2.45, 2.75) is 181 Å². The molecule has 0 aliphatic rings. The Morgan fingerprint density at radius 3 is 1.40 bits per heavy atom. The van der Waals surface area contributed by atoms with Crippen molar-refractivity contribution >= 4 is 65.2 Å². The molecule has 1 aromatic heterocycles. The first-order chi connectivity index (χ1) is 36.5. The number of aromatic amines is 1. The molecule has 26 nitrogen and oxygen atoms in total. The fourth-order valence-electron chi connectivity index (χ4n) is 8.04. The van der Waals surface area contributed by atoms with Gasteiger partial charge in [-0.15, -0.1) is 0 Å². The Morgan fingerprint density at radius 2 is 0.962 bits per heavy atom. The number of aliphatic carboxylic acids is 3. The van der Waals surface area contributed by atoms with Crippen LogP contribution in [0.4, 0.5) is 0 Å². The second-order valence-electron chi connectivity index (χ2n) is 20.8. The Labute approximate surface area is 453 Å². The van der Waals surface area contributed by atoms with Crippen molar-refractivity contribution < 1.29 is 73.2 Å². The van der Waals surface area contributed by atoms with Crippen LogP contribution < -0.4 is 48.3 Å². The molecule has 434 valence electrons. The lowest BCUT2D eigenvalue weighted by Crippen LogP contribution is -2.62. The van der Waals surface area contributed by atoms with Crippen LogP contribution in [0.15, 0.2) is 42.9 Å². The summed E-state index contributed by atoms with van der Waals surface area (Å²) in [6.07, 6.45) is -0.801. The van der Waals surface area contributed by atoms with Crippen molar-refractivity contribution in [3.8, 4) is 0 Å². The average Bonchev–Trinajstić information content (AvgIpc) is 3.87. The van der Waals surface area contributed by atoms with Gasteiger partial charge in [-0.2, -0.15) is 0 Å². The molecule has 0 aliphatic heterocycles. The molecule has 1 aromatic carbocycles. The van der Waals surface area contributed by atoms with Crippen LogP contribution in [0.5, 0.6) is 0 Å². The van der Waals surface area contributed by atoms with E-state index in [0.717, 1.165) is 0 Å². The molecule has 2 rings (SSSR count). The van der Waals surface area contributed by atoms with E-state index in [0.29, 0.717) is 17.7 Å². The number of benzene rings is 1. The van der Waals surface area contributed by atoms with Gasteiger partial charge in [0.15, 0.2) is 0 Å². The summed E-state index contributed by atoms with van der Waals surface area (Å²) in [6, 6.07) is -4.72. The zero-order chi connectivity index (χ0) is 59.0. The third kappa shape index (κ3) is 23.8. The van der Waals surface area contributed by atoms with E-state index in [2.05, 4.69) is 52.5 Å². The predicted octanol–water partition coefficient (Wildman–Crippen LogP) is -0.610. The highest BCUT2D eigenvalue weighted by Gasteiger charge is 2.37. The van der Waals surface area contributed by atoms with E-state index in [4.69, 9.17) is 5.73 Å². The minimum atomic E-state index is -1.76. The highest BCUT2D eigenvalue weighted by Crippen LogP contribution is 2.14. The molecule has 15 N–H and O–H groups in total. The van der Waals surface area contributed by atoms with E-state index in [1.54, 1.807) is 85.7 Å². The normalized spacial score (nSPS) is 15.6. The molecule has 0 unspecified atom stereocenters. The molecule has 0 aliphatic carbocycles. The molecule has 78 heavy (non-hydrogen) atoms. The molecule has 0 spiro atoms. The lowest BCUT2D eigenvalue weighted by molar-refractivity contribution is -0.144. The van der Waals surface area contributed by atoms with Gasteiger partial charge >= 0.3 is 17.9 Å². The van der Waals surface area contributed by atoms with E-state index >= 15 is 0 Å². The number of nitrogens with one attached hydrogen (secondary N) is 9. The van der Waals surface area contributed by atoms with Gasteiger partial charge in [0.2, 0.25) is 47.3 Å². The Hall–Kier alpha value is -7.48. The molecule has 8 amide bonds. The Morgan fingerprint density at radius 1 is 0.538 bits per heavy atom. The number of amides is 8. The van der Waals surface area contributed by atoms with Crippen LogP contribution in [-0.4, -0.2) is 156 Å². The second kappa shape index (κ2) is 33.0. The Bertz CT molecular complexity index is 2330. The number of aliphatic hydroxyl groups is 1. The molecule has 2 aromatic rings. The molecule has 0 bridgehead atoms. The summed E-state index contributed by atoms with van der Waals surface area (Å²) in [7, 11) is 0. The van der Waals surface area contributed by atoms with Crippen LogP contribution >= 0.6 is 0 Å². The first-order valence-electron chi connectivity index (χ1n) is 26.1. The number of rotatable bonds is 35. The van der Waals surface area contributed by atoms with E-state index in [-0.39, 0.29) is 49.9 Å². The number of carboxylic acid groups (broad SMARTS) is 3. The second-order valence-corrected chi connectivity index (χ2v) is 20.8. The largest absolute Gasteiger partial charge is 0.481 e. The number of hydrogen-bond acceptors (Lipinski definition) is 14. The molecule has 0 radical (unpaired) electrons. The van der Waals surface area contributed by atoms with Gasteiger partial charge in [-0.25, -0.2) is 9.78 Å². The predicted molar refractivity (Wildman–Crippen MR) is 282 cm³/mol. The van der Waals surface area contributed by atoms with E-state index in [1.165, 1.54) is 19.4 Å². The van der Waals surface area contributed by atoms with Crippen LogP contribution in [0.25, 0.3) is 0 Å². The maximum absolute atomic E-state index is 14.2. The SMILES string of the molecule is CC[C@H](C)[C@H](NC(=O)[C@H](CC(C)C)NC(=O)[C@H](Cc1cnc[nH]1)NC(=O)[C@H](CCC(=O)O)NC(=O)[C@H](CC(C)C)NC(=O)[C@@H](NC(=O)[C@H](CC(C)C)NC(=O)[C@H](Cc1ccccc1)NC(=O)[C@@H](N)CC(=O)O)[C@@H](C)O)C(=O)O. The van der Waals surface area contributed by atoms with E-state index in [9.17, 15) is 73.2 Å². The zero-order valence-corrected chi connectivity index (χ0v) is 45.8. The summed E-state index contributed by atoms with van der Waals surface area (Å²) >= 11 is 0. The minimum absolute atomic E-state index is 0.0156. The molecule has 0 saturated heterocycles. The number of nitrogens with two attached hydrogens (primary N) is 1. The van der Waals surface area contributed by atoms with Gasteiger partial charge in [-0.1, -0.05) is 92.1 Å². The van der Waals surface area contributed by atoms with Crippen molar-refractivity contribution in [1.82, 2.24) is 52.5 Å². The summed E-state index contributed by atoms with van der Waals surface area (Å²) in [5, 5.41) is 59.7. The summed E-state index contributed by atoms with van der Waals surface area (Å²) in [6.45, 7) is 15.0. The van der Waals surface area contributed by atoms with Gasteiger partial charge in [0.05, 0.1) is 24.9 Å². The number of carbonyl (C=O) groups excluding carboxylic acids is 8. The van der Waals surface area contributed by atoms with E-state index < -0.39 is 151 Å². The number of carboxylic acids is 3. The number of imidazole rings is 1. The monoisotopic (exact) mass is 1100 g/mol. The van der Waals surface area contributed by atoms with Crippen molar-refractivity contribution in [2.24, 2.45) is 29.4 Å². The van der Waals surface area contributed by atoms with Gasteiger partial charge in [0.1, 0.15) is 48.3 Å². The first kappa shape index (κ1) is 66.6. The number of carbonyl (C=O) groups is 11. The van der Waals surface area contributed by atoms with Gasteiger partial charge in [-0.05, 0) is 61.8 Å². The lowest BCUT2D eigenvalue weighted by atomic mass is 9.97. The maximum Gasteiger partial charge on any atom is 0.326 e. The highest BCUT2D eigenvalue weighted by molar-refractivity contribution is 5.98. The van der Waals surface area contributed by atoms with Crippen molar-refractivity contribution in [3.63, 3.8) is 0 Å². The van der Waals surface area contributed by atoms with Crippen molar-refractivity contribution in [1.29, 1.82) is 0 Å². The third-order valence-electron chi connectivity index (χ3n) is 12.4. The fraction of sp³-hybridized carbons (Fsp3) is 0.615. The van der Waals surface area contributed by atoms with Crippen molar-refractivity contribution in [2.75, 3.05) is 0 Å². The molecular weight excluding hydrogens is 1020 g/mol. The number of aliphatic hydroxyl groups excluding tert-OH is 1. The van der Waals surface area contributed by atoms with E-state index in [1.807, 2.05) is 0 Å². The quantitative estimate of drug-likeness (QED) is 0.0409. The maximum atomic E-state index is 14.2. The molecular formula is C52H81N11O15.